The Labute approximate surface area is 146 Å². The van der Waals surface area contributed by atoms with Gasteiger partial charge >= 0.3 is 0 Å². The maximum Gasteiger partial charge on any atom is 0.262 e. The molecule has 1 atom stereocenters. The molecule has 0 aromatic heterocycles. The summed E-state index contributed by atoms with van der Waals surface area (Å²) < 4.78 is 37.9. The zero-order valence-corrected chi connectivity index (χ0v) is 14.4. The van der Waals surface area contributed by atoms with Crippen LogP contribution in [-0.4, -0.2) is 73.7 Å². The van der Waals surface area contributed by atoms with Gasteiger partial charge in [0.25, 0.3) is 5.92 Å². The van der Waals surface area contributed by atoms with Crippen molar-refractivity contribution in [1.29, 1.82) is 0 Å². The van der Waals surface area contributed by atoms with Crippen LogP contribution in [0.25, 0.3) is 0 Å². The number of carbonyl (C=O) groups excluding carboxylic acids is 1. The van der Waals surface area contributed by atoms with E-state index in [4.69, 9.17) is 9.47 Å². The minimum atomic E-state index is -2.67. The van der Waals surface area contributed by atoms with Crippen molar-refractivity contribution in [1.82, 2.24) is 9.80 Å². The monoisotopic (exact) mass is 354 g/mol. The minimum absolute atomic E-state index is 0.0132. The fourth-order valence-corrected chi connectivity index (χ4v) is 3.49. The standard InChI is InChI=1S/C18H24F2N2O3/c1-24-11-15-7-18(19,20)13-22(15)16-8-21(9-16)17(23)12-25-10-14-5-3-2-4-6-14/h2-6,15-16H,7-13H2,1H3/t15-/m0/s1. The van der Waals surface area contributed by atoms with E-state index >= 15 is 0 Å². The average Bonchev–Trinajstić information content (AvgIpc) is 2.82. The number of alkyl halides is 2. The summed E-state index contributed by atoms with van der Waals surface area (Å²) in [6.45, 7) is 1.39. The van der Waals surface area contributed by atoms with E-state index in [1.165, 1.54) is 7.11 Å². The smallest absolute Gasteiger partial charge is 0.262 e. The van der Waals surface area contributed by atoms with E-state index in [1.807, 2.05) is 30.3 Å². The van der Waals surface area contributed by atoms with E-state index in [1.54, 1.807) is 9.80 Å². The van der Waals surface area contributed by atoms with Gasteiger partial charge in [0, 0.05) is 38.7 Å². The Morgan fingerprint density at radius 1 is 1.28 bits per heavy atom. The van der Waals surface area contributed by atoms with E-state index in [0.717, 1.165) is 5.56 Å². The van der Waals surface area contributed by atoms with Gasteiger partial charge in [0.05, 0.1) is 19.8 Å². The molecule has 0 aliphatic carbocycles. The van der Waals surface area contributed by atoms with Crippen LogP contribution >= 0.6 is 0 Å². The summed E-state index contributed by atoms with van der Waals surface area (Å²) in [5.41, 5.74) is 1.01. The van der Waals surface area contributed by atoms with Crippen LogP contribution in [0.1, 0.15) is 12.0 Å². The van der Waals surface area contributed by atoms with Gasteiger partial charge in [0.15, 0.2) is 0 Å². The van der Waals surface area contributed by atoms with Crippen LogP contribution in [0.4, 0.5) is 8.78 Å². The molecule has 2 aliphatic heterocycles. The molecular formula is C18H24F2N2O3. The molecule has 2 fully saturated rings. The average molecular weight is 354 g/mol. The molecule has 138 valence electrons. The summed E-state index contributed by atoms with van der Waals surface area (Å²) in [6.07, 6.45) is -0.175. The summed E-state index contributed by atoms with van der Waals surface area (Å²) in [4.78, 5) is 15.6. The van der Waals surface area contributed by atoms with Gasteiger partial charge in [-0.15, -0.1) is 0 Å². The van der Waals surface area contributed by atoms with Crippen LogP contribution in [0.5, 0.6) is 0 Å². The van der Waals surface area contributed by atoms with Crippen LogP contribution in [0.2, 0.25) is 0 Å². The molecule has 2 aliphatic rings. The van der Waals surface area contributed by atoms with E-state index in [2.05, 4.69) is 0 Å². The van der Waals surface area contributed by atoms with Crippen molar-refractivity contribution in [3.8, 4) is 0 Å². The molecule has 0 radical (unpaired) electrons. The number of amides is 1. The van der Waals surface area contributed by atoms with Gasteiger partial charge in [0.1, 0.15) is 6.61 Å². The van der Waals surface area contributed by atoms with Gasteiger partial charge in [-0.2, -0.15) is 0 Å². The lowest BCUT2D eigenvalue weighted by Crippen LogP contribution is -2.63. The topological polar surface area (TPSA) is 42.0 Å². The maximum absolute atomic E-state index is 13.7. The molecule has 0 N–H and O–H groups in total. The van der Waals surface area contributed by atoms with Crippen LogP contribution < -0.4 is 0 Å². The third-order valence-electron chi connectivity index (χ3n) is 4.80. The number of ether oxygens (including phenoxy) is 2. The van der Waals surface area contributed by atoms with Crippen LogP contribution in [0, 0.1) is 0 Å². The Kier molecular flexibility index (Phi) is 5.66. The van der Waals surface area contributed by atoms with Crippen molar-refractivity contribution in [2.24, 2.45) is 0 Å². The van der Waals surface area contributed by atoms with Crippen LogP contribution in [0.3, 0.4) is 0 Å². The summed E-state index contributed by atoms with van der Waals surface area (Å²) in [6, 6.07) is 9.34. The Balaban J connectivity index is 1.41. The first-order chi connectivity index (χ1) is 12.0. The fourth-order valence-electron chi connectivity index (χ4n) is 3.49. The second-order valence-electron chi connectivity index (χ2n) is 6.77. The summed E-state index contributed by atoms with van der Waals surface area (Å²) in [5.74, 6) is -2.77. The van der Waals surface area contributed by atoms with Gasteiger partial charge in [0.2, 0.25) is 5.91 Å². The van der Waals surface area contributed by atoms with E-state index in [-0.39, 0.29) is 37.6 Å². The molecule has 25 heavy (non-hydrogen) atoms. The molecule has 7 heteroatoms. The lowest BCUT2D eigenvalue weighted by atomic mass is 10.1. The second kappa shape index (κ2) is 7.76. The molecule has 0 spiro atoms. The highest BCUT2D eigenvalue weighted by atomic mass is 19.3. The highest BCUT2D eigenvalue weighted by molar-refractivity contribution is 5.78. The number of methoxy groups -OCH3 is 1. The highest BCUT2D eigenvalue weighted by Crippen LogP contribution is 2.35. The number of carbonyl (C=O) groups is 1. The lowest BCUT2D eigenvalue weighted by Gasteiger charge is -2.45. The Morgan fingerprint density at radius 2 is 2.00 bits per heavy atom. The maximum atomic E-state index is 13.7. The zero-order chi connectivity index (χ0) is 17.9. The van der Waals surface area contributed by atoms with E-state index in [9.17, 15) is 13.6 Å². The molecule has 2 heterocycles. The van der Waals surface area contributed by atoms with Crippen molar-refractivity contribution >= 4 is 5.91 Å². The lowest BCUT2D eigenvalue weighted by molar-refractivity contribution is -0.144. The third kappa shape index (κ3) is 4.54. The zero-order valence-electron chi connectivity index (χ0n) is 14.4. The van der Waals surface area contributed by atoms with Gasteiger partial charge in [-0.3, -0.25) is 9.69 Å². The third-order valence-corrected chi connectivity index (χ3v) is 4.80. The quantitative estimate of drug-likeness (QED) is 0.748. The number of hydrogen-bond donors (Lipinski definition) is 0. The largest absolute Gasteiger partial charge is 0.383 e. The van der Waals surface area contributed by atoms with Crippen LogP contribution in [0.15, 0.2) is 30.3 Å². The molecule has 0 unspecified atom stereocenters. The first-order valence-electron chi connectivity index (χ1n) is 8.50. The summed E-state index contributed by atoms with van der Waals surface area (Å²) in [7, 11) is 1.52. The van der Waals surface area contributed by atoms with Crippen molar-refractivity contribution < 1.29 is 23.0 Å². The molecule has 5 nitrogen and oxygen atoms in total. The van der Waals surface area contributed by atoms with E-state index in [0.29, 0.717) is 26.3 Å². The molecule has 2 saturated heterocycles. The molecule has 3 rings (SSSR count). The number of rotatable bonds is 7. The first-order valence-corrected chi connectivity index (χ1v) is 8.50. The number of halogens is 2. The van der Waals surface area contributed by atoms with Gasteiger partial charge < -0.3 is 14.4 Å². The van der Waals surface area contributed by atoms with Gasteiger partial charge in [-0.25, -0.2) is 8.78 Å². The van der Waals surface area contributed by atoms with Crippen molar-refractivity contribution in [2.75, 3.05) is 40.0 Å². The normalized spacial score (nSPS) is 23.6. The number of benzene rings is 1. The molecular weight excluding hydrogens is 330 g/mol. The molecule has 0 saturated carbocycles. The Hall–Kier alpha value is -1.57. The Bertz CT molecular complexity index is 579. The molecule has 1 aromatic carbocycles. The first kappa shape index (κ1) is 18.2. The van der Waals surface area contributed by atoms with E-state index < -0.39 is 5.92 Å². The van der Waals surface area contributed by atoms with Gasteiger partial charge in [-0.1, -0.05) is 30.3 Å². The highest BCUT2D eigenvalue weighted by Gasteiger charge is 2.50. The van der Waals surface area contributed by atoms with Crippen molar-refractivity contribution in [3.05, 3.63) is 35.9 Å². The minimum Gasteiger partial charge on any atom is -0.383 e. The van der Waals surface area contributed by atoms with Gasteiger partial charge in [-0.05, 0) is 5.56 Å². The molecule has 1 aromatic rings. The number of hydrogen-bond acceptors (Lipinski definition) is 4. The SMILES string of the molecule is COC[C@@H]1CC(F)(F)CN1C1CN(C(=O)COCc2ccccc2)C1. The predicted molar refractivity (Wildman–Crippen MR) is 88.4 cm³/mol. The van der Waals surface area contributed by atoms with Crippen molar-refractivity contribution in [3.63, 3.8) is 0 Å². The summed E-state index contributed by atoms with van der Waals surface area (Å²) >= 11 is 0. The Morgan fingerprint density at radius 3 is 2.68 bits per heavy atom. The number of likely N-dealkylation sites (tertiary alicyclic amines) is 2. The fraction of sp³-hybridized carbons (Fsp3) is 0.611. The second-order valence-corrected chi connectivity index (χ2v) is 6.77. The number of nitrogens with zero attached hydrogens (tertiary/aromatic N) is 2. The van der Waals surface area contributed by atoms with Crippen molar-refractivity contribution in [2.45, 2.75) is 31.0 Å². The predicted octanol–water partition coefficient (Wildman–Crippen LogP) is 1.77. The molecule has 0 bridgehead atoms. The summed E-state index contributed by atoms with van der Waals surface area (Å²) in [5, 5.41) is 0. The molecule has 1 amide bonds. The van der Waals surface area contributed by atoms with Crippen LogP contribution in [-0.2, 0) is 20.9 Å².